The first-order valence-corrected chi connectivity index (χ1v) is 7.92. The minimum atomic E-state index is -4.69. The van der Waals surface area contributed by atoms with E-state index in [-0.39, 0.29) is 17.1 Å². The Hall–Kier alpha value is -2.94. The van der Waals surface area contributed by atoms with Gasteiger partial charge >= 0.3 is 6.18 Å². The minimum absolute atomic E-state index is 0.0689. The Morgan fingerprint density at radius 3 is 2.30 bits per heavy atom. The van der Waals surface area contributed by atoms with Gasteiger partial charge in [-0.25, -0.2) is 14.1 Å². The molecule has 0 spiro atoms. The summed E-state index contributed by atoms with van der Waals surface area (Å²) in [4.78, 5) is 3.73. The van der Waals surface area contributed by atoms with E-state index in [1.165, 1.54) is 43.8 Å². The summed E-state index contributed by atoms with van der Waals surface area (Å²) < 4.78 is 60.5. The zero-order valence-electron chi connectivity index (χ0n) is 14.1. The molecule has 27 heavy (non-hydrogen) atoms. The van der Waals surface area contributed by atoms with E-state index in [9.17, 15) is 22.7 Å². The van der Waals surface area contributed by atoms with E-state index in [0.29, 0.717) is 0 Å². The summed E-state index contributed by atoms with van der Waals surface area (Å²) in [6.07, 6.45) is -3.43. The number of hydrogen-bond acceptors (Lipinski definition) is 4. The molecule has 9 heteroatoms. The highest BCUT2D eigenvalue weighted by molar-refractivity contribution is 5.42. The van der Waals surface area contributed by atoms with Gasteiger partial charge in [0.05, 0.1) is 11.7 Å². The molecule has 5 nitrogen and oxygen atoms in total. The van der Waals surface area contributed by atoms with Crippen molar-refractivity contribution >= 4 is 0 Å². The standard InChI is InChI=1S/C18H15F4N3O2/c1-11(26)17(25-10-23-9-24-25)15-7-6-14(8-16(15)18(20,21)22)27-13-4-2-12(19)3-5-13/h2-11,17,26H,1H3. The Kier molecular flexibility index (Phi) is 5.13. The van der Waals surface area contributed by atoms with Crippen molar-refractivity contribution in [1.82, 2.24) is 14.8 Å². The van der Waals surface area contributed by atoms with E-state index < -0.39 is 29.7 Å². The Labute approximate surface area is 151 Å². The van der Waals surface area contributed by atoms with E-state index in [1.807, 2.05) is 0 Å². The Balaban J connectivity index is 2.03. The predicted molar refractivity (Wildman–Crippen MR) is 87.8 cm³/mol. The lowest BCUT2D eigenvalue weighted by atomic mass is 9.96. The maximum absolute atomic E-state index is 13.7. The number of halogens is 4. The summed E-state index contributed by atoms with van der Waals surface area (Å²) >= 11 is 0. The first-order valence-electron chi connectivity index (χ1n) is 7.92. The van der Waals surface area contributed by atoms with Gasteiger partial charge in [0, 0.05) is 0 Å². The molecule has 0 fully saturated rings. The second-order valence-corrected chi connectivity index (χ2v) is 5.86. The number of aromatic nitrogens is 3. The van der Waals surface area contributed by atoms with Gasteiger partial charge in [0.15, 0.2) is 0 Å². The molecule has 0 amide bonds. The van der Waals surface area contributed by atoms with Gasteiger partial charge in [-0.05, 0) is 48.9 Å². The van der Waals surface area contributed by atoms with E-state index in [1.54, 1.807) is 0 Å². The van der Waals surface area contributed by atoms with Crippen LogP contribution in [0.3, 0.4) is 0 Å². The molecule has 0 aliphatic heterocycles. The molecule has 0 saturated carbocycles. The molecule has 0 saturated heterocycles. The first kappa shape index (κ1) is 18.8. The van der Waals surface area contributed by atoms with Crippen LogP contribution in [-0.2, 0) is 6.18 Å². The number of aliphatic hydroxyl groups is 1. The van der Waals surface area contributed by atoms with Crippen LogP contribution < -0.4 is 4.74 Å². The lowest BCUT2D eigenvalue weighted by Crippen LogP contribution is -2.26. The van der Waals surface area contributed by atoms with Crippen molar-refractivity contribution in [2.24, 2.45) is 0 Å². The number of nitrogens with zero attached hydrogens (tertiary/aromatic N) is 3. The van der Waals surface area contributed by atoms with Crippen LogP contribution in [-0.4, -0.2) is 26.0 Å². The fourth-order valence-electron chi connectivity index (χ4n) is 2.73. The molecule has 2 unspecified atom stereocenters. The van der Waals surface area contributed by atoms with Crippen LogP contribution in [0.15, 0.2) is 55.1 Å². The number of ether oxygens (including phenoxy) is 1. The van der Waals surface area contributed by atoms with Crippen LogP contribution in [0, 0.1) is 5.82 Å². The molecule has 1 N–H and O–H groups in total. The highest BCUT2D eigenvalue weighted by Crippen LogP contribution is 2.39. The average molecular weight is 381 g/mol. The summed E-state index contributed by atoms with van der Waals surface area (Å²) in [6.45, 7) is 1.37. The number of rotatable bonds is 5. The largest absolute Gasteiger partial charge is 0.457 e. The van der Waals surface area contributed by atoms with E-state index in [2.05, 4.69) is 10.1 Å². The van der Waals surface area contributed by atoms with E-state index in [0.717, 1.165) is 22.9 Å². The second kappa shape index (κ2) is 7.36. The fourth-order valence-corrected chi connectivity index (χ4v) is 2.73. The summed E-state index contributed by atoms with van der Waals surface area (Å²) in [5.74, 6) is -0.359. The van der Waals surface area contributed by atoms with Crippen LogP contribution in [0.4, 0.5) is 17.6 Å². The second-order valence-electron chi connectivity index (χ2n) is 5.86. The van der Waals surface area contributed by atoms with Crippen LogP contribution in [0.25, 0.3) is 0 Å². The average Bonchev–Trinajstić information content (AvgIpc) is 3.11. The third-order valence-corrected chi connectivity index (χ3v) is 3.88. The molecular weight excluding hydrogens is 366 g/mol. The smallest absolute Gasteiger partial charge is 0.416 e. The van der Waals surface area contributed by atoms with Crippen molar-refractivity contribution in [2.45, 2.75) is 25.2 Å². The molecule has 3 aromatic rings. The fraction of sp³-hybridized carbons (Fsp3) is 0.222. The highest BCUT2D eigenvalue weighted by Gasteiger charge is 2.37. The van der Waals surface area contributed by atoms with Gasteiger partial charge in [0.2, 0.25) is 0 Å². The summed E-state index contributed by atoms with van der Waals surface area (Å²) in [5.41, 5.74) is -1.14. The minimum Gasteiger partial charge on any atom is -0.457 e. The zero-order valence-corrected chi connectivity index (χ0v) is 14.1. The summed E-state index contributed by atoms with van der Waals surface area (Å²) in [5, 5.41) is 13.9. The zero-order chi connectivity index (χ0) is 19.6. The van der Waals surface area contributed by atoms with E-state index in [4.69, 9.17) is 4.74 Å². The molecule has 0 aliphatic rings. The summed E-state index contributed by atoms with van der Waals surface area (Å²) in [6, 6.07) is 7.23. The van der Waals surface area contributed by atoms with Gasteiger partial charge in [0.25, 0.3) is 0 Å². The van der Waals surface area contributed by atoms with Gasteiger partial charge in [-0.15, -0.1) is 0 Å². The first-order chi connectivity index (χ1) is 12.8. The van der Waals surface area contributed by atoms with Crippen LogP contribution in [0.5, 0.6) is 11.5 Å². The molecule has 3 rings (SSSR count). The topological polar surface area (TPSA) is 60.2 Å². The van der Waals surface area contributed by atoms with Gasteiger partial charge in [-0.1, -0.05) is 6.07 Å². The number of benzene rings is 2. The predicted octanol–water partition coefficient (Wildman–Crippen LogP) is 4.20. The van der Waals surface area contributed by atoms with Crippen molar-refractivity contribution < 1.29 is 27.4 Å². The van der Waals surface area contributed by atoms with Crippen molar-refractivity contribution in [2.75, 3.05) is 0 Å². The molecular formula is C18H15F4N3O2. The third-order valence-electron chi connectivity index (χ3n) is 3.88. The molecule has 142 valence electrons. The Morgan fingerprint density at radius 1 is 1.07 bits per heavy atom. The van der Waals surface area contributed by atoms with Crippen LogP contribution >= 0.6 is 0 Å². The molecule has 0 bridgehead atoms. The van der Waals surface area contributed by atoms with Crippen molar-refractivity contribution in [3.05, 3.63) is 72.1 Å². The Morgan fingerprint density at radius 2 is 1.74 bits per heavy atom. The molecule has 1 heterocycles. The molecule has 2 aromatic carbocycles. The van der Waals surface area contributed by atoms with Crippen molar-refractivity contribution in [3.8, 4) is 11.5 Å². The van der Waals surface area contributed by atoms with Crippen LogP contribution in [0.1, 0.15) is 24.1 Å². The molecule has 0 radical (unpaired) electrons. The van der Waals surface area contributed by atoms with Crippen LogP contribution in [0.2, 0.25) is 0 Å². The lowest BCUT2D eigenvalue weighted by molar-refractivity contribution is -0.138. The maximum Gasteiger partial charge on any atom is 0.416 e. The third kappa shape index (κ3) is 4.25. The lowest BCUT2D eigenvalue weighted by Gasteiger charge is -2.24. The van der Waals surface area contributed by atoms with Gasteiger partial charge in [0.1, 0.15) is 36.0 Å². The summed E-state index contributed by atoms with van der Waals surface area (Å²) in [7, 11) is 0. The molecule has 1 aromatic heterocycles. The molecule has 2 atom stereocenters. The number of aliphatic hydroxyl groups excluding tert-OH is 1. The van der Waals surface area contributed by atoms with Crippen molar-refractivity contribution in [3.63, 3.8) is 0 Å². The maximum atomic E-state index is 13.7. The quantitative estimate of drug-likeness (QED) is 0.673. The van der Waals surface area contributed by atoms with E-state index >= 15 is 0 Å². The van der Waals surface area contributed by atoms with Gasteiger partial charge < -0.3 is 9.84 Å². The Bertz CT molecular complexity index is 894. The monoisotopic (exact) mass is 381 g/mol. The SMILES string of the molecule is CC(O)C(c1ccc(Oc2ccc(F)cc2)cc1C(F)(F)F)n1cncn1. The number of alkyl halides is 3. The molecule has 0 aliphatic carbocycles. The van der Waals surface area contributed by atoms with Crippen molar-refractivity contribution in [1.29, 1.82) is 0 Å². The number of hydrogen-bond donors (Lipinski definition) is 1. The highest BCUT2D eigenvalue weighted by atomic mass is 19.4. The van der Waals surface area contributed by atoms with Gasteiger partial charge in [-0.3, -0.25) is 0 Å². The van der Waals surface area contributed by atoms with Gasteiger partial charge in [-0.2, -0.15) is 18.3 Å². The normalized spacial score (nSPS) is 14.0.